The van der Waals surface area contributed by atoms with E-state index in [4.69, 9.17) is 0 Å². The second-order valence-corrected chi connectivity index (χ2v) is 4.95. The van der Waals surface area contributed by atoms with Crippen LogP contribution in [-0.4, -0.2) is 10.7 Å². The summed E-state index contributed by atoms with van der Waals surface area (Å²) in [6.07, 6.45) is 3.85. The molecule has 2 heteroatoms. The average molecular weight is 208 g/mol. The van der Waals surface area contributed by atoms with Crippen molar-refractivity contribution in [2.45, 2.75) is 38.2 Å². The predicted molar refractivity (Wildman–Crippen MR) is 58.1 cm³/mol. The Morgan fingerprint density at radius 3 is 2.80 bits per heavy atom. The zero-order chi connectivity index (χ0) is 10.9. The minimum absolute atomic E-state index is 0.227. The number of hydrogen-bond acceptors (Lipinski definition) is 1. The van der Waals surface area contributed by atoms with Crippen molar-refractivity contribution in [1.82, 2.24) is 0 Å². The molecule has 1 fully saturated rings. The third kappa shape index (κ3) is 3.31. The van der Waals surface area contributed by atoms with Crippen LogP contribution in [0.3, 0.4) is 0 Å². The fraction of sp³-hybridized carbons (Fsp3) is 0.538. The van der Waals surface area contributed by atoms with Gasteiger partial charge >= 0.3 is 0 Å². The Bertz CT molecular complexity index is 342. The van der Waals surface area contributed by atoms with Gasteiger partial charge in [-0.15, -0.1) is 0 Å². The summed E-state index contributed by atoms with van der Waals surface area (Å²) >= 11 is 0. The monoisotopic (exact) mass is 208 g/mol. The topological polar surface area (TPSA) is 20.2 Å². The van der Waals surface area contributed by atoms with Gasteiger partial charge in [-0.3, -0.25) is 0 Å². The summed E-state index contributed by atoms with van der Waals surface area (Å²) in [5.41, 5.74) is 0.190. The van der Waals surface area contributed by atoms with E-state index in [1.165, 1.54) is 25.0 Å². The molecule has 1 nitrogen and oxygen atoms in total. The maximum absolute atomic E-state index is 12.9. The van der Waals surface area contributed by atoms with Crippen molar-refractivity contribution in [3.05, 3.63) is 35.6 Å². The van der Waals surface area contributed by atoms with E-state index >= 15 is 0 Å². The van der Waals surface area contributed by atoms with Gasteiger partial charge in [0.25, 0.3) is 0 Å². The predicted octanol–water partition coefficient (Wildman–Crippen LogP) is 2.92. The van der Waals surface area contributed by atoms with Crippen molar-refractivity contribution in [3.8, 4) is 0 Å². The fourth-order valence-corrected chi connectivity index (χ4v) is 2.10. The van der Waals surface area contributed by atoms with E-state index in [0.717, 1.165) is 12.0 Å². The molecule has 82 valence electrons. The van der Waals surface area contributed by atoms with E-state index in [1.807, 2.05) is 13.0 Å². The van der Waals surface area contributed by atoms with Crippen molar-refractivity contribution in [1.29, 1.82) is 0 Å². The highest BCUT2D eigenvalue weighted by atomic mass is 19.1. The Morgan fingerprint density at radius 1 is 1.47 bits per heavy atom. The van der Waals surface area contributed by atoms with E-state index in [-0.39, 0.29) is 5.82 Å². The molecule has 0 aromatic heterocycles. The Balaban J connectivity index is 1.99. The first-order valence-corrected chi connectivity index (χ1v) is 5.52. The molecule has 15 heavy (non-hydrogen) atoms. The SMILES string of the molecule is CC(O)(Cc1cccc(F)c1)CC1CC1. The Labute approximate surface area is 89.9 Å². The molecule has 0 amide bonds. The molecule has 1 N–H and O–H groups in total. The fourth-order valence-electron chi connectivity index (χ4n) is 2.10. The van der Waals surface area contributed by atoms with Crippen LogP contribution in [0, 0.1) is 11.7 Å². The van der Waals surface area contributed by atoms with Crippen molar-refractivity contribution >= 4 is 0 Å². The number of aliphatic hydroxyl groups is 1. The summed E-state index contributed by atoms with van der Waals surface area (Å²) in [6, 6.07) is 6.49. The Morgan fingerprint density at radius 2 is 2.20 bits per heavy atom. The summed E-state index contributed by atoms with van der Waals surface area (Å²) < 4.78 is 12.9. The molecule has 1 unspecified atom stereocenters. The summed E-state index contributed by atoms with van der Waals surface area (Å²) in [5.74, 6) is 0.461. The normalized spacial score (nSPS) is 19.9. The van der Waals surface area contributed by atoms with Crippen LogP contribution >= 0.6 is 0 Å². The minimum atomic E-state index is -0.686. The maximum Gasteiger partial charge on any atom is 0.123 e. The highest BCUT2D eigenvalue weighted by Crippen LogP contribution is 2.37. The van der Waals surface area contributed by atoms with E-state index in [1.54, 1.807) is 6.07 Å². The Kier molecular flexibility index (Phi) is 2.79. The van der Waals surface area contributed by atoms with Crippen LogP contribution in [0.1, 0.15) is 31.7 Å². The van der Waals surface area contributed by atoms with Gasteiger partial charge in [-0.1, -0.05) is 25.0 Å². The molecule has 0 heterocycles. The van der Waals surface area contributed by atoms with Gasteiger partial charge in [-0.05, 0) is 37.0 Å². The van der Waals surface area contributed by atoms with E-state index in [2.05, 4.69) is 0 Å². The molecule has 0 radical (unpaired) electrons. The maximum atomic E-state index is 12.9. The molecule has 0 aliphatic heterocycles. The number of rotatable bonds is 4. The van der Waals surface area contributed by atoms with Gasteiger partial charge < -0.3 is 5.11 Å². The first-order valence-electron chi connectivity index (χ1n) is 5.52. The average Bonchev–Trinajstić information content (AvgIpc) is 2.86. The van der Waals surface area contributed by atoms with Gasteiger partial charge in [0, 0.05) is 6.42 Å². The van der Waals surface area contributed by atoms with Gasteiger partial charge in [0.05, 0.1) is 5.60 Å². The van der Waals surface area contributed by atoms with E-state index < -0.39 is 5.60 Å². The second kappa shape index (κ2) is 3.93. The number of hydrogen-bond donors (Lipinski definition) is 1. The molecule has 0 saturated heterocycles. The minimum Gasteiger partial charge on any atom is -0.390 e. The first kappa shape index (κ1) is 10.6. The molecule has 2 rings (SSSR count). The van der Waals surface area contributed by atoms with Crippen molar-refractivity contribution in [3.63, 3.8) is 0 Å². The largest absolute Gasteiger partial charge is 0.390 e. The lowest BCUT2D eigenvalue weighted by atomic mass is 9.91. The summed E-state index contributed by atoms with van der Waals surface area (Å²) in [4.78, 5) is 0. The van der Waals surface area contributed by atoms with Crippen LogP contribution in [0.15, 0.2) is 24.3 Å². The lowest BCUT2D eigenvalue weighted by molar-refractivity contribution is 0.0454. The van der Waals surface area contributed by atoms with Crippen molar-refractivity contribution in [2.75, 3.05) is 0 Å². The van der Waals surface area contributed by atoms with Gasteiger partial charge in [0.1, 0.15) is 5.82 Å². The smallest absolute Gasteiger partial charge is 0.123 e. The van der Waals surface area contributed by atoms with Crippen LogP contribution in [0.5, 0.6) is 0 Å². The number of benzene rings is 1. The second-order valence-electron chi connectivity index (χ2n) is 4.95. The highest BCUT2D eigenvalue weighted by Gasteiger charge is 2.31. The highest BCUT2D eigenvalue weighted by molar-refractivity contribution is 5.18. The molecule has 1 aromatic rings. The quantitative estimate of drug-likeness (QED) is 0.806. The molecule has 1 saturated carbocycles. The standard InChI is InChI=1S/C13H17FO/c1-13(15,8-10-5-6-10)9-11-3-2-4-12(14)7-11/h2-4,7,10,15H,5-6,8-9H2,1H3. The molecule has 0 bridgehead atoms. The van der Waals surface area contributed by atoms with Gasteiger partial charge in [0.15, 0.2) is 0 Å². The van der Waals surface area contributed by atoms with Crippen LogP contribution in [0.25, 0.3) is 0 Å². The zero-order valence-corrected chi connectivity index (χ0v) is 9.04. The zero-order valence-electron chi connectivity index (χ0n) is 9.04. The molecule has 1 aliphatic rings. The molecule has 1 aliphatic carbocycles. The van der Waals surface area contributed by atoms with Crippen molar-refractivity contribution in [2.24, 2.45) is 5.92 Å². The molecule has 1 aromatic carbocycles. The third-order valence-electron chi connectivity index (χ3n) is 2.90. The van der Waals surface area contributed by atoms with Crippen LogP contribution in [0.4, 0.5) is 4.39 Å². The van der Waals surface area contributed by atoms with Crippen LogP contribution in [0.2, 0.25) is 0 Å². The Hall–Kier alpha value is -0.890. The van der Waals surface area contributed by atoms with Gasteiger partial charge in [0.2, 0.25) is 0 Å². The first-order chi connectivity index (χ1) is 7.05. The summed E-state index contributed by atoms with van der Waals surface area (Å²) in [6.45, 7) is 1.84. The lowest BCUT2D eigenvalue weighted by Gasteiger charge is -2.23. The van der Waals surface area contributed by atoms with E-state index in [9.17, 15) is 9.50 Å². The third-order valence-corrected chi connectivity index (χ3v) is 2.90. The number of halogens is 1. The molecule has 0 spiro atoms. The van der Waals surface area contributed by atoms with E-state index in [0.29, 0.717) is 12.3 Å². The molecular weight excluding hydrogens is 191 g/mol. The van der Waals surface area contributed by atoms with Crippen molar-refractivity contribution < 1.29 is 9.50 Å². The summed E-state index contributed by atoms with van der Waals surface area (Å²) in [5, 5.41) is 10.1. The van der Waals surface area contributed by atoms with Crippen LogP contribution < -0.4 is 0 Å². The van der Waals surface area contributed by atoms with Gasteiger partial charge in [-0.25, -0.2) is 4.39 Å². The molecule has 1 atom stereocenters. The molecular formula is C13H17FO. The lowest BCUT2D eigenvalue weighted by Crippen LogP contribution is -2.27. The van der Waals surface area contributed by atoms with Crippen LogP contribution in [-0.2, 0) is 6.42 Å². The van der Waals surface area contributed by atoms with Gasteiger partial charge in [-0.2, -0.15) is 0 Å². The summed E-state index contributed by atoms with van der Waals surface area (Å²) in [7, 11) is 0.